The molecule has 0 bridgehead atoms. The van der Waals surface area contributed by atoms with Crippen molar-refractivity contribution >= 4 is 5.96 Å². The van der Waals surface area contributed by atoms with Crippen LogP contribution in [0.25, 0.3) is 0 Å². The van der Waals surface area contributed by atoms with Gasteiger partial charge in [0.05, 0.1) is 6.10 Å². The monoisotopic (exact) mass is 329 g/mol. The maximum atomic E-state index is 13.0. The smallest absolute Gasteiger partial charge is 0.191 e. The van der Waals surface area contributed by atoms with Crippen molar-refractivity contribution in [3.8, 4) is 0 Å². The maximum Gasteiger partial charge on any atom is 0.191 e. The molecule has 0 fully saturated rings. The Hall–Kier alpha value is -2.40. The lowest BCUT2D eigenvalue weighted by Gasteiger charge is -2.18. The molecule has 0 amide bonds. The number of hydrogen-bond acceptors (Lipinski definition) is 2. The van der Waals surface area contributed by atoms with E-state index in [1.54, 1.807) is 26.3 Å². The molecule has 0 heterocycles. The summed E-state index contributed by atoms with van der Waals surface area (Å²) in [5, 5.41) is 6.52. The fourth-order valence-corrected chi connectivity index (χ4v) is 2.39. The van der Waals surface area contributed by atoms with Crippen molar-refractivity contribution in [1.29, 1.82) is 0 Å². The molecule has 0 radical (unpaired) electrons. The molecule has 2 rings (SSSR count). The van der Waals surface area contributed by atoms with Crippen LogP contribution in [0.2, 0.25) is 0 Å². The fraction of sp³-hybridized carbons (Fsp3) is 0.316. The highest BCUT2D eigenvalue weighted by Gasteiger charge is 2.11. The Balaban J connectivity index is 1.80. The van der Waals surface area contributed by atoms with E-state index < -0.39 is 0 Å². The van der Waals surface area contributed by atoms with Gasteiger partial charge in [-0.2, -0.15) is 0 Å². The van der Waals surface area contributed by atoms with E-state index in [4.69, 9.17) is 4.74 Å². The van der Waals surface area contributed by atoms with Gasteiger partial charge in [0.2, 0.25) is 0 Å². The summed E-state index contributed by atoms with van der Waals surface area (Å²) in [4.78, 5) is 4.21. The van der Waals surface area contributed by atoms with E-state index in [1.165, 1.54) is 17.7 Å². The average Bonchev–Trinajstić information content (AvgIpc) is 2.63. The third-order valence-electron chi connectivity index (χ3n) is 3.75. The molecular weight excluding hydrogens is 305 g/mol. The Labute approximate surface area is 142 Å². The molecular formula is C19H24FN3O. The molecule has 4 nitrogen and oxygen atoms in total. The van der Waals surface area contributed by atoms with Crippen molar-refractivity contribution in [2.45, 2.75) is 12.5 Å². The molecule has 24 heavy (non-hydrogen) atoms. The van der Waals surface area contributed by atoms with Gasteiger partial charge in [0.25, 0.3) is 0 Å². The van der Waals surface area contributed by atoms with Crippen LogP contribution in [0.4, 0.5) is 4.39 Å². The lowest BCUT2D eigenvalue weighted by molar-refractivity contribution is 0.106. The van der Waals surface area contributed by atoms with Gasteiger partial charge in [-0.3, -0.25) is 4.99 Å². The van der Waals surface area contributed by atoms with E-state index >= 15 is 0 Å². The third-order valence-corrected chi connectivity index (χ3v) is 3.75. The average molecular weight is 329 g/mol. The van der Waals surface area contributed by atoms with Crippen LogP contribution in [0.15, 0.2) is 59.6 Å². The zero-order valence-corrected chi connectivity index (χ0v) is 14.1. The molecule has 128 valence electrons. The Kier molecular flexibility index (Phi) is 7.23. The molecule has 5 heteroatoms. The second-order valence-corrected chi connectivity index (χ2v) is 5.39. The van der Waals surface area contributed by atoms with Crippen LogP contribution in [-0.2, 0) is 11.2 Å². The molecule has 0 aliphatic rings. The van der Waals surface area contributed by atoms with Gasteiger partial charge in [-0.15, -0.1) is 0 Å². The van der Waals surface area contributed by atoms with E-state index in [0.717, 1.165) is 24.5 Å². The number of hydrogen-bond donors (Lipinski definition) is 2. The second kappa shape index (κ2) is 9.67. The van der Waals surface area contributed by atoms with Crippen molar-refractivity contribution < 1.29 is 9.13 Å². The molecule has 0 aromatic heterocycles. The molecule has 2 aromatic rings. The standard InChI is InChI=1S/C19H24FN3O/c1-21-19(22-13-12-15-6-4-3-5-7-15)23-14-18(24-2)16-8-10-17(20)11-9-16/h3-11,18H,12-14H2,1-2H3,(H2,21,22,23). The molecule has 0 spiro atoms. The summed E-state index contributed by atoms with van der Waals surface area (Å²) in [5.74, 6) is 0.468. The van der Waals surface area contributed by atoms with E-state index in [9.17, 15) is 4.39 Å². The number of ether oxygens (including phenoxy) is 1. The Bertz CT molecular complexity index is 629. The quantitative estimate of drug-likeness (QED) is 0.606. The van der Waals surface area contributed by atoms with E-state index in [1.807, 2.05) is 18.2 Å². The minimum Gasteiger partial charge on any atom is -0.375 e. The van der Waals surface area contributed by atoms with Gasteiger partial charge in [-0.1, -0.05) is 42.5 Å². The highest BCUT2D eigenvalue weighted by atomic mass is 19.1. The maximum absolute atomic E-state index is 13.0. The van der Waals surface area contributed by atoms with Crippen LogP contribution < -0.4 is 10.6 Å². The predicted molar refractivity (Wildman–Crippen MR) is 95.7 cm³/mol. The van der Waals surface area contributed by atoms with Crippen LogP contribution in [0.3, 0.4) is 0 Å². The first-order chi connectivity index (χ1) is 11.7. The van der Waals surface area contributed by atoms with Gasteiger partial charge in [-0.05, 0) is 29.7 Å². The minimum absolute atomic E-state index is 0.168. The number of rotatable bonds is 7. The summed E-state index contributed by atoms with van der Waals surface area (Å²) in [6.45, 7) is 1.34. The first kappa shape index (κ1) is 17.9. The molecule has 1 atom stereocenters. The molecule has 2 N–H and O–H groups in total. The summed E-state index contributed by atoms with van der Waals surface area (Å²) in [6, 6.07) is 16.6. The molecule has 0 aliphatic heterocycles. The van der Waals surface area contributed by atoms with Gasteiger partial charge in [0, 0.05) is 27.2 Å². The van der Waals surface area contributed by atoms with Crippen molar-refractivity contribution in [2.24, 2.45) is 4.99 Å². The van der Waals surface area contributed by atoms with Crippen molar-refractivity contribution in [3.63, 3.8) is 0 Å². The van der Waals surface area contributed by atoms with E-state index in [-0.39, 0.29) is 11.9 Å². The summed E-state index contributed by atoms with van der Waals surface area (Å²) >= 11 is 0. The van der Waals surface area contributed by atoms with Gasteiger partial charge in [0.15, 0.2) is 5.96 Å². The Morgan fingerprint density at radius 2 is 1.79 bits per heavy atom. The van der Waals surface area contributed by atoms with Crippen LogP contribution in [0, 0.1) is 5.82 Å². The highest BCUT2D eigenvalue weighted by Crippen LogP contribution is 2.16. The Morgan fingerprint density at radius 1 is 1.08 bits per heavy atom. The van der Waals surface area contributed by atoms with E-state index in [0.29, 0.717) is 6.54 Å². The van der Waals surface area contributed by atoms with Crippen LogP contribution >= 0.6 is 0 Å². The van der Waals surface area contributed by atoms with Gasteiger partial charge < -0.3 is 15.4 Å². The molecule has 1 unspecified atom stereocenters. The summed E-state index contributed by atoms with van der Waals surface area (Å²) in [6.07, 6.45) is 0.756. The topological polar surface area (TPSA) is 45.7 Å². The summed E-state index contributed by atoms with van der Waals surface area (Å²) < 4.78 is 18.5. The van der Waals surface area contributed by atoms with Crippen molar-refractivity contribution in [3.05, 3.63) is 71.5 Å². The van der Waals surface area contributed by atoms with E-state index in [2.05, 4.69) is 27.8 Å². The van der Waals surface area contributed by atoms with Crippen LogP contribution in [0.5, 0.6) is 0 Å². The fourth-order valence-electron chi connectivity index (χ4n) is 2.39. The molecule has 0 saturated carbocycles. The van der Waals surface area contributed by atoms with Gasteiger partial charge in [0.1, 0.15) is 5.82 Å². The van der Waals surface area contributed by atoms with Crippen molar-refractivity contribution in [1.82, 2.24) is 10.6 Å². The minimum atomic E-state index is -0.250. The molecule has 2 aromatic carbocycles. The number of benzene rings is 2. The number of nitrogens with zero attached hydrogens (tertiary/aromatic N) is 1. The normalized spacial score (nSPS) is 12.7. The predicted octanol–water partition coefficient (Wildman–Crippen LogP) is 2.92. The van der Waals surface area contributed by atoms with Crippen LogP contribution in [0.1, 0.15) is 17.2 Å². The summed E-state index contributed by atoms with van der Waals surface area (Å²) in [7, 11) is 3.37. The summed E-state index contributed by atoms with van der Waals surface area (Å²) in [5.41, 5.74) is 2.20. The lowest BCUT2D eigenvalue weighted by Crippen LogP contribution is -2.40. The number of halogens is 1. The van der Waals surface area contributed by atoms with Gasteiger partial charge in [-0.25, -0.2) is 4.39 Å². The Morgan fingerprint density at radius 3 is 2.42 bits per heavy atom. The highest BCUT2D eigenvalue weighted by molar-refractivity contribution is 5.79. The largest absolute Gasteiger partial charge is 0.375 e. The number of aliphatic imine (C=N–C) groups is 1. The molecule has 0 aliphatic carbocycles. The third kappa shape index (κ3) is 5.66. The number of guanidine groups is 1. The van der Waals surface area contributed by atoms with Gasteiger partial charge >= 0.3 is 0 Å². The van der Waals surface area contributed by atoms with Crippen molar-refractivity contribution in [2.75, 3.05) is 27.2 Å². The first-order valence-corrected chi connectivity index (χ1v) is 7.99. The zero-order chi connectivity index (χ0) is 17.2. The lowest BCUT2D eigenvalue weighted by atomic mass is 10.1. The molecule has 0 saturated heterocycles. The van der Waals surface area contributed by atoms with Crippen LogP contribution in [-0.4, -0.2) is 33.2 Å². The number of nitrogens with one attached hydrogen (secondary N) is 2. The second-order valence-electron chi connectivity index (χ2n) is 5.39. The number of methoxy groups -OCH3 is 1. The first-order valence-electron chi connectivity index (χ1n) is 7.99. The zero-order valence-electron chi connectivity index (χ0n) is 14.1. The SMILES string of the molecule is CN=C(NCCc1ccccc1)NCC(OC)c1ccc(F)cc1.